The van der Waals surface area contributed by atoms with Gasteiger partial charge < -0.3 is 9.47 Å². The highest BCUT2D eigenvalue weighted by Gasteiger charge is 2.51. The number of methoxy groups -OCH3 is 1. The molecular formula is C16H16O3. The minimum absolute atomic E-state index is 0.232. The number of fused-ring (bicyclic) bond motifs is 3. The number of esters is 1. The Morgan fingerprint density at radius 1 is 1.37 bits per heavy atom. The molecule has 0 unspecified atom stereocenters. The van der Waals surface area contributed by atoms with Crippen LogP contribution in [0.2, 0.25) is 0 Å². The van der Waals surface area contributed by atoms with Crippen LogP contribution in [0.25, 0.3) is 0 Å². The predicted molar refractivity (Wildman–Crippen MR) is 71.8 cm³/mol. The zero-order valence-corrected chi connectivity index (χ0v) is 11.3. The highest BCUT2D eigenvalue weighted by molar-refractivity contribution is 5.80. The lowest BCUT2D eigenvalue weighted by Crippen LogP contribution is -2.39. The van der Waals surface area contributed by atoms with E-state index in [4.69, 9.17) is 9.47 Å². The molecule has 2 atom stereocenters. The lowest BCUT2D eigenvalue weighted by molar-refractivity contribution is -0.145. The van der Waals surface area contributed by atoms with Gasteiger partial charge in [-0.25, -0.2) is 0 Å². The lowest BCUT2D eigenvalue weighted by Gasteiger charge is -2.33. The molecule has 0 aromatic heterocycles. The van der Waals surface area contributed by atoms with Crippen molar-refractivity contribution in [3.8, 4) is 5.75 Å². The van der Waals surface area contributed by atoms with Crippen LogP contribution < -0.4 is 4.74 Å². The van der Waals surface area contributed by atoms with Crippen molar-refractivity contribution in [3.63, 3.8) is 0 Å². The van der Waals surface area contributed by atoms with Crippen molar-refractivity contribution in [2.24, 2.45) is 5.92 Å². The number of benzene rings is 1. The molecule has 0 bridgehead atoms. The van der Waals surface area contributed by atoms with E-state index in [1.165, 1.54) is 7.11 Å². The van der Waals surface area contributed by atoms with Gasteiger partial charge in [0.1, 0.15) is 11.5 Å². The molecule has 1 aromatic carbocycles. The van der Waals surface area contributed by atoms with Crippen LogP contribution >= 0.6 is 0 Å². The first-order valence-electron chi connectivity index (χ1n) is 6.33. The predicted octanol–water partition coefficient (Wildman–Crippen LogP) is 2.97. The molecule has 3 rings (SSSR count). The van der Waals surface area contributed by atoms with Crippen molar-refractivity contribution in [2.75, 3.05) is 7.11 Å². The first-order chi connectivity index (χ1) is 9.09. The van der Waals surface area contributed by atoms with Crippen molar-refractivity contribution in [1.82, 2.24) is 0 Å². The maximum Gasteiger partial charge on any atom is 0.313 e. The highest BCUT2D eigenvalue weighted by atomic mass is 16.5. The summed E-state index contributed by atoms with van der Waals surface area (Å²) in [6.45, 7) is 4.05. The number of rotatable bonds is 1. The number of ether oxygens (including phenoxy) is 2. The second-order valence-electron chi connectivity index (χ2n) is 5.17. The molecule has 19 heavy (non-hydrogen) atoms. The minimum Gasteiger partial charge on any atom is -0.469 e. The summed E-state index contributed by atoms with van der Waals surface area (Å²) in [4.78, 5) is 12.1. The van der Waals surface area contributed by atoms with E-state index in [1.807, 2.05) is 50.3 Å². The molecule has 1 heterocycles. The van der Waals surface area contributed by atoms with Gasteiger partial charge >= 0.3 is 5.97 Å². The molecule has 0 radical (unpaired) electrons. The fourth-order valence-electron chi connectivity index (χ4n) is 3.07. The second kappa shape index (κ2) is 3.98. The van der Waals surface area contributed by atoms with Gasteiger partial charge in [-0.15, -0.1) is 0 Å². The molecule has 3 nitrogen and oxygen atoms in total. The van der Waals surface area contributed by atoms with Gasteiger partial charge in [-0.05, 0) is 25.5 Å². The van der Waals surface area contributed by atoms with Gasteiger partial charge in [-0.2, -0.15) is 0 Å². The Morgan fingerprint density at radius 2 is 2.11 bits per heavy atom. The maximum absolute atomic E-state index is 12.1. The molecule has 2 aliphatic rings. The van der Waals surface area contributed by atoms with Crippen molar-refractivity contribution < 1.29 is 14.3 Å². The molecule has 0 N–H and O–H groups in total. The van der Waals surface area contributed by atoms with Crippen molar-refractivity contribution in [1.29, 1.82) is 0 Å². The van der Waals surface area contributed by atoms with Gasteiger partial charge in [0.25, 0.3) is 0 Å². The summed E-state index contributed by atoms with van der Waals surface area (Å²) >= 11 is 0. The van der Waals surface area contributed by atoms with Crippen LogP contribution in [0.15, 0.2) is 47.7 Å². The van der Waals surface area contributed by atoms with Gasteiger partial charge in [0, 0.05) is 5.56 Å². The standard InChI is InChI=1S/C16H16O3/c1-10-8-9-12(15(17)18-3)16(2)11-6-4-5-7-13(11)19-14(10)16/h4-9,12H,1-3H3/t12-,16+/m1/s1. The Kier molecular flexibility index (Phi) is 2.52. The first-order valence-corrected chi connectivity index (χ1v) is 6.33. The van der Waals surface area contributed by atoms with Gasteiger partial charge in [-0.3, -0.25) is 4.79 Å². The third-order valence-electron chi connectivity index (χ3n) is 4.10. The molecule has 0 amide bonds. The molecule has 0 saturated heterocycles. The summed E-state index contributed by atoms with van der Waals surface area (Å²) in [5, 5.41) is 0. The largest absolute Gasteiger partial charge is 0.469 e. The molecule has 3 heteroatoms. The Balaban J connectivity index is 2.22. The summed E-state index contributed by atoms with van der Waals surface area (Å²) in [5.74, 6) is 1.10. The number of hydrogen-bond donors (Lipinski definition) is 0. The van der Waals surface area contributed by atoms with Gasteiger partial charge in [0.05, 0.1) is 18.4 Å². The van der Waals surface area contributed by atoms with Crippen LogP contribution in [-0.4, -0.2) is 13.1 Å². The Hall–Kier alpha value is -2.03. The van der Waals surface area contributed by atoms with E-state index < -0.39 is 5.41 Å². The van der Waals surface area contributed by atoms with E-state index in [1.54, 1.807) is 0 Å². The molecule has 1 aliphatic carbocycles. The molecule has 1 aliphatic heterocycles. The topological polar surface area (TPSA) is 35.5 Å². The molecule has 0 fully saturated rings. The van der Waals surface area contributed by atoms with Crippen molar-refractivity contribution in [3.05, 3.63) is 53.3 Å². The van der Waals surface area contributed by atoms with E-state index in [0.717, 1.165) is 22.6 Å². The van der Waals surface area contributed by atoms with E-state index in [9.17, 15) is 4.79 Å². The highest BCUT2D eigenvalue weighted by Crippen LogP contribution is 2.53. The van der Waals surface area contributed by atoms with Gasteiger partial charge in [0.2, 0.25) is 0 Å². The molecule has 1 aromatic rings. The van der Waals surface area contributed by atoms with Crippen LogP contribution in [0, 0.1) is 5.92 Å². The van der Waals surface area contributed by atoms with Gasteiger partial charge in [0.15, 0.2) is 0 Å². The van der Waals surface area contributed by atoms with Crippen molar-refractivity contribution in [2.45, 2.75) is 19.3 Å². The smallest absolute Gasteiger partial charge is 0.313 e. The summed E-state index contributed by atoms with van der Waals surface area (Å²) in [6, 6.07) is 7.87. The number of carbonyl (C=O) groups excluding carboxylic acids is 1. The zero-order valence-electron chi connectivity index (χ0n) is 11.3. The average Bonchev–Trinajstić information content (AvgIpc) is 2.74. The first kappa shape index (κ1) is 12.0. The molecule has 0 spiro atoms. The number of carbonyl (C=O) groups is 1. The number of hydrogen-bond acceptors (Lipinski definition) is 3. The number of allylic oxidation sites excluding steroid dienone is 3. The third-order valence-corrected chi connectivity index (χ3v) is 4.10. The van der Waals surface area contributed by atoms with Crippen LogP contribution in [-0.2, 0) is 14.9 Å². The summed E-state index contributed by atoms with van der Waals surface area (Å²) < 4.78 is 10.9. The van der Waals surface area contributed by atoms with Crippen LogP contribution in [0.3, 0.4) is 0 Å². The molecule has 98 valence electrons. The van der Waals surface area contributed by atoms with E-state index in [0.29, 0.717) is 0 Å². The summed E-state index contributed by atoms with van der Waals surface area (Å²) in [7, 11) is 1.42. The minimum atomic E-state index is -0.470. The van der Waals surface area contributed by atoms with Crippen LogP contribution in [0.1, 0.15) is 19.4 Å². The Morgan fingerprint density at radius 3 is 2.84 bits per heavy atom. The lowest BCUT2D eigenvalue weighted by atomic mass is 9.68. The Bertz CT molecular complexity index is 612. The van der Waals surface area contributed by atoms with Crippen LogP contribution in [0.5, 0.6) is 5.75 Å². The van der Waals surface area contributed by atoms with E-state index >= 15 is 0 Å². The molecule has 0 saturated carbocycles. The average molecular weight is 256 g/mol. The van der Waals surface area contributed by atoms with Gasteiger partial charge in [-0.1, -0.05) is 30.4 Å². The second-order valence-corrected chi connectivity index (χ2v) is 5.17. The maximum atomic E-state index is 12.1. The molecular weight excluding hydrogens is 240 g/mol. The SMILES string of the molecule is COC(=O)[C@H]1C=CC(C)=C2Oc3ccccc3[C@]21C. The fourth-order valence-corrected chi connectivity index (χ4v) is 3.07. The third kappa shape index (κ3) is 1.47. The zero-order chi connectivity index (χ0) is 13.6. The van der Waals surface area contributed by atoms with Crippen LogP contribution in [0.4, 0.5) is 0 Å². The quantitative estimate of drug-likeness (QED) is 0.725. The monoisotopic (exact) mass is 256 g/mol. The number of para-hydroxylation sites is 1. The van der Waals surface area contributed by atoms with E-state index in [2.05, 4.69) is 0 Å². The summed E-state index contributed by atoms with van der Waals surface area (Å²) in [6.07, 6.45) is 3.85. The normalized spacial score (nSPS) is 27.6. The van der Waals surface area contributed by atoms with E-state index in [-0.39, 0.29) is 11.9 Å². The fraction of sp³-hybridized carbons (Fsp3) is 0.312. The van der Waals surface area contributed by atoms with Crippen molar-refractivity contribution >= 4 is 5.97 Å². The summed E-state index contributed by atoms with van der Waals surface area (Å²) in [5.41, 5.74) is 1.63. The Labute approximate surface area is 112 Å².